The lowest BCUT2D eigenvalue weighted by molar-refractivity contribution is -0.871. The number of quaternary nitrogens is 1. The highest BCUT2D eigenvalue weighted by atomic mass is 35.5. The maximum absolute atomic E-state index is 11.5. The highest BCUT2D eigenvalue weighted by Crippen LogP contribution is 2.00. The highest BCUT2D eigenvalue weighted by molar-refractivity contribution is 5.39. The number of hydrogen-bond donors (Lipinski definition) is 2. The van der Waals surface area contributed by atoms with E-state index in [1.807, 2.05) is 0 Å². The molecule has 1 rings (SSSR count). The van der Waals surface area contributed by atoms with Crippen LogP contribution in [0.4, 0.5) is 5.69 Å². The van der Waals surface area contributed by atoms with Crippen LogP contribution in [0.2, 0.25) is 0 Å². The van der Waals surface area contributed by atoms with Crippen LogP contribution in [0.15, 0.2) is 4.79 Å². The molecule has 5 nitrogen and oxygen atoms in total. The molecule has 0 aromatic carbocycles. The zero-order chi connectivity index (χ0) is 10.9. The molecule has 1 aromatic heterocycles. The fourth-order valence-electron chi connectivity index (χ4n) is 1.18. The van der Waals surface area contributed by atoms with Crippen LogP contribution in [-0.2, 0) is 6.54 Å². The van der Waals surface area contributed by atoms with Crippen molar-refractivity contribution in [3.63, 3.8) is 0 Å². The van der Waals surface area contributed by atoms with Crippen molar-refractivity contribution in [3.8, 4) is 0 Å². The molecule has 0 saturated heterocycles. The Kier molecular flexibility index (Phi) is 4.42. The molecule has 0 bridgehead atoms. The van der Waals surface area contributed by atoms with Crippen LogP contribution in [0.25, 0.3) is 0 Å². The number of nitrogens with zero attached hydrogens (tertiary/aromatic N) is 2. The molecule has 6 heteroatoms. The zero-order valence-corrected chi connectivity index (χ0v) is 10.4. The van der Waals surface area contributed by atoms with Gasteiger partial charge in [0.15, 0.2) is 0 Å². The normalized spacial score (nSPS) is 11.2. The van der Waals surface area contributed by atoms with E-state index in [9.17, 15) is 4.79 Å². The Morgan fingerprint density at radius 2 is 1.93 bits per heavy atom. The van der Waals surface area contributed by atoms with Crippen LogP contribution < -0.4 is 23.7 Å². The molecule has 0 atom stereocenters. The van der Waals surface area contributed by atoms with Crippen LogP contribution >= 0.6 is 0 Å². The summed E-state index contributed by atoms with van der Waals surface area (Å²) in [6.07, 6.45) is 0. The molecule has 0 aliphatic carbocycles. The third kappa shape index (κ3) is 3.60. The van der Waals surface area contributed by atoms with Crippen LogP contribution in [0.3, 0.4) is 0 Å². The van der Waals surface area contributed by atoms with E-state index >= 15 is 0 Å². The first-order valence-electron chi connectivity index (χ1n) is 4.66. The standard InChI is InChI=1S/C9H18N4O.ClH/c1-7-8(10)9(14)12(11-7)5-6-13(2,3)4;/h5-6,10H2,1-4H3;1H. The van der Waals surface area contributed by atoms with Gasteiger partial charge in [-0.1, -0.05) is 0 Å². The van der Waals surface area contributed by atoms with Gasteiger partial charge in [-0.15, -0.1) is 0 Å². The van der Waals surface area contributed by atoms with Gasteiger partial charge in [-0.25, -0.2) is 4.68 Å². The second kappa shape index (κ2) is 4.72. The SMILES string of the molecule is Cc1[nH]n(CC[N+](C)(C)C)c(=O)c1N.[Cl-]. The van der Waals surface area contributed by atoms with Gasteiger partial charge in [-0.05, 0) is 6.92 Å². The lowest BCUT2D eigenvalue weighted by Crippen LogP contribution is -3.00. The highest BCUT2D eigenvalue weighted by Gasteiger charge is 2.11. The second-order valence-electron chi connectivity index (χ2n) is 4.62. The Morgan fingerprint density at radius 1 is 1.40 bits per heavy atom. The van der Waals surface area contributed by atoms with Crippen LogP contribution in [-0.4, -0.2) is 42.0 Å². The van der Waals surface area contributed by atoms with E-state index in [1.165, 1.54) is 0 Å². The van der Waals surface area contributed by atoms with E-state index in [4.69, 9.17) is 5.73 Å². The number of aromatic amines is 1. The Morgan fingerprint density at radius 3 is 2.27 bits per heavy atom. The van der Waals surface area contributed by atoms with Gasteiger partial charge < -0.3 is 22.6 Å². The summed E-state index contributed by atoms with van der Waals surface area (Å²) >= 11 is 0. The lowest BCUT2D eigenvalue weighted by Gasteiger charge is -2.23. The molecule has 0 amide bonds. The van der Waals surface area contributed by atoms with E-state index in [0.717, 1.165) is 16.7 Å². The van der Waals surface area contributed by atoms with Crippen molar-refractivity contribution in [1.82, 2.24) is 9.78 Å². The summed E-state index contributed by atoms with van der Waals surface area (Å²) in [4.78, 5) is 11.5. The molecule has 88 valence electrons. The smallest absolute Gasteiger partial charge is 0.290 e. The molecule has 15 heavy (non-hydrogen) atoms. The first-order chi connectivity index (χ1) is 6.31. The molecular weight excluding hydrogens is 216 g/mol. The molecule has 0 aliphatic heterocycles. The summed E-state index contributed by atoms with van der Waals surface area (Å²) in [5, 5.41) is 2.95. The molecule has 3 N–H and O–H groups in total. The van der Waals surface area contributed by atoms with Crippen LogP contribution in [0.1, 0.15) is 5.69 Å². The number of nitrogens with one attached hydrogen (secondary N) is 1. The van der Waals surface area contributed by atoms with Gasteiger partial charge in [0.1, 0.15) is 5.69 Å². The van der Waals surface area contributed by atoms with E-state index in [-0.39, 0.29) is 18.0 Å². The van der Waals surface area contributed by atoms with Crippen molar-refractivity contribution in [2.45, 2.75) is 13.5 Å². The number of nitrogen functional groups attached to an aromatic ring is 1. The molecule has 1 aromatic rings. The third-order valence-corrected chi connectivity index (χ3v) is 2.18. The molecule has 1 heterocycles. The van der Waals surface area contributed by atoms with Gasteiger partial charge >= 0.3 is 0 Å². The largest absolute Gasteiger partial charge is 1.00 e. The van der Waals surface area contributed by atoms with E-state index in [2.05, 4.69) is 26.2 Å². The van der Waals surface area contributed by atoms with E-state index < -0.39 is 0 Å². The summed E-state index contributed by atoms with van der Waals surface area (Å²) < 4.78 is 2.39. The molecule has 0 aliphatic rings. The molecule has 0 spiro atoms. The van der Waals surface area contributed by atoms with Crippen molar-refractivity contribution in [2.75, 3.05) is 33.4 Å². The predicted octanol–water partition coefficient (Wildman–Crippen LogP) is -3.22. The molecule has 0 saturated carbocycles. The summed E-state index contributed by atoms with van der Waals surface area (Å²) in [6, 6.07) is 0. The van der Waals surface area contributed by atoms with Crippen molar-refractivity contribution in [1.29, 1.82) is 0 Å². The first-order valence-corrected chi connectivity index (χ1v) is 4.66. The Hall–Kier alpha value is -0.940. The van der Waals surface area contributed by atoms with Crippen LogP contribution in [0.5, 0.6) is 0 Å². The predicted molar refractivity (Wildman–Crippen MR) is 57.1 cm³/mol. The fourth-order valence-corrected chi connectivity index (χ4v) is 1.18. The number of aromatic nitrogens is 2. The number of halogens is 1. The number of H-pyrrole nitrogens is 1. The first kappa shape index (κ1) is 14.1. The average molecular weight is 235 g/mol. The van der Waals surface area contributed by atoms with Crippen molar-refractivity contribution < 1.29 is 16.9 Å². The monoisotopic (exact) mass is 234 g/mol. The van der Waals surface area contributed by atoms with Gasteiger partial charge in [0, 0.05) is 0 Å². The molecule has 0 radical (unpaired) electrons. The number of aryl methyl sites for hydroxylation is 1. The Labute approximate surface area is 95.9 Å². The fraction of sp³-hybridized carbons (Fsp3) is 0.667. The van der Waals surface area contributed by atoms with Crippen LogP contribution in [0, 0.1) is 6.92 Å². The zero-order valence-electron chi connectivity index (χ0n) is 9.67. The maximum atomic E-state index is 11.5. The minimum absolute atomic E-state index is 0. The van der Waals surface area contributed by atoms with Gasteiger partial charge in [0.25, 0.3) is 5.56 Å². The summed E-state index contributed by atoms with van der Waals surface area (Å²) in [6.45, 7) is 3.36. The average Bonchev–Trinajstić information content (AvgIpc) is 2.28. The molecule has 0 unspecified atom stereocenters. The van der Waals surface area contributed by atoms with E-state index in [0.29, 0.717) is 12.2 Å². The third-order valence-electron chi connectivity index (χ3n) is 2.18. The summed E-state index contributed by atoms with van der Waals surface area (Å²) in [5.74, 6) is 0. The Balaban J connectivity index is 0.00000196. The number of rotatable bonds is 3. The van der Waals surface area contributed by atoms with Gasteiger partial charge in [0.05, 0.1) is 39.9 Å². The van der Waals surface area contributed by atoms with Crippen molar-refractivity contribution in [2.24, 2.45) is 0 Å². The van der Waals surface area contributed by atoms with Gasteiger partial charge in [-0.3, -0.25) is 9.89 Å². The summed E-state index contributed by atoms with van der Waals surface area (Å²) in [5.41, 5.74) is 6.53. The van der Waals surface area contributed by atoms with E-state index in [1.54, 1.807) is 11.6 Å². The van der Waals surface area contributed by atoms with Gasteiger partial charge in [0.2, 0.25) is 0 Å². The minimum Gasteiger partial charge on any atom is -1.00 e. The van der Waals surface area contributed by atoms with Crippen molar-refractivity contribution in [3.05, 3.63) is 16.0 Å². The number of anilines is 1. The lowest BCUT2D eigenvalue weighted by atomic mass is 10.4. The molecule has 0 fully saturated rings. The quantitative estimate of drug-likeness (QED) is 0.541. The van der Waals surface area contributed by atoms with Gasteiger partial charge in [-0.2, -0.15) is 0 Å². The number of likely N-dealkylation sites (N-methyl/N-ethyl adjacent to an activating group) is 1. The van der Waals surface area contributed by atoms with Crippen molar-refractivity contribution >= 4 is 5.69 Å². The topological polar surface area (TPSA) is 63.8 Å². The second-order valence-corrected chi connectivity index (χ2v) is 4.62. The number of nitrogens with two attached hydrogens (primary N) is 1. The maximum Gasteiger partial charge on any atom is 0.290 e. The summed E-state index contributed by atoms with van der Waals surface area (Å²) in [7, 11) is 6.26. The Bertz CT molecular complexity index is 374. The molecular formula is C9H19ClN4O. The number of hydrogen-bond acceptors (Lipinski definition) is 2. The minimum atomic E-state index is -0.115.